The lowest BCUT2D eigenvalue weighted by molar-refractivity contribution is -0.116. The van der Waals surface area contributed by atoms with Crippen molar-refractivity contribution in [3.05, 3.63) is 53.1 Å². The third kappa shape index (κ3) is 7.54. The van der Waals surface area contributed by atoms with Gasteiger partial charge in [-0.3, -0.25) is 9.79 Å². The van der Waals surface area contributed by atoms with E-state index in [4.69, 9.17) is 21.1 Å². The van der Waals surface area contributed by atoms with Crippen LogP contribution in [0, 0.1) is 6.92 Å². The van der Waals surface area contributed by atoms with Gasteiger partial charge in [0.05, 0.1) is 13.7 Å². The molecule has 0 aromatic heterocycles. The molecule has 0 saturated carbocycles. The number of guanidine groups is 1. The molecule has 8 heteroatoms. The highest BCUT2D eigenvalue weighted by atomic mass is 35.5. The van der Waals surface area contributed by atoms with Crippen molar-refractivity contribution in [2.45, 2.75) is 13.3 Å². The van der Waals surface area contributed by atoms with E-state index in [2.05, 4.69) is 20.9 Å². The van der Waals surface area contributed by atoms with Gasteiger partial charge in [-0.1, -0.05) is 17.7 Å². The number of carbonyl (C=O) groups excluding carboxylic acids is 1. The molecule has 0 unspecified atom stereocenters. The average molecular weight is 419 g/mol. The zero-order valence-corrected chi connectivity index (χ0v) is 17.7. The first kappa shape index (κ1) is 22.4. The fraction of sp³-hybridized carbons (Fsp3) is 0.333. The van der Waals surface area contributed by atoms with Crippen LogP contribution in [0.3, 0.4) is 0 Å². The Bertz CT molecular complexity index is 825. The van der Waals surface area contributed by atoms with Gasteiger partial charge in [0.15, 0.2) is 5.96 Å². The third-order valence-electron chi connectivity index (χ3n) is 4.13. The zero-order chi connectivity index (χ0) is 21.1. The summed E-state index contributed by atoms with van der Waals surface area (Å²) in [5.74, 6) is 2.06. The van der Waals surface area contributed by atoms with E-state index < -0.39 is 0 Å². The molecule has 0 bridgehead atoms. The Morgan fingerprint density at radius 2 is 1.76 bits per heavy atom. The lowest BCUT2D eigenvalue weighted by Gasteiger charge is -2.13. The maximum absolute atomic E-state index is 12.1. The van der Waals surface area contributed by atoms with Gasteiger partial charge in [-0.15, -0.1) is 0 Å². The first-order valence-corrected chi connectivity index (χ1v) is 9.67. The second-order valence-corrected chi connectivity index (χ2v) is 6.57. The lowest BCUT2D eigenvalue weighted by atomic mass is 10.2. The van der Waals surface area contributed by atoms with Crippen LogP contribution in [0.4, 0.5) is 5.69 Å². The number of methoxy groups -OCH3 is 1. The monoisotopic (exact) mass is 418 g/mol. The predicted molar refractivity (Wildman–Crippen MR) is 117 cm³/mol. The summed E-state index contributed by atoms with van der Waals surface area (Å²) in [6, 6.07) is 12.8. The fourth-order valence-electron chi connectivity index (χ4n) is 2.48. The number of rotatable bonds is 9. The Kier molecular flexibility index (Phi) is 9.11. The van der Waals surface area contributed by atoms with Crippen molar-refractivity contribution in [3.8, 4) is 11.5 Å². The van der Waals surface area contributed by atoms with Gasteiger partial charge < -0.3 is 25.4 Å². The summed E-state index contributed by atoms with van der Waals surface area (Å²) in [4.78, 5) is 16.3. The summed E-state index contributed by atoms with van der Waals surface area (Å²) in [5.41, 5.74) is 1.57. The largest absolute Gasteiger partial charge is 0.497 e. The van der Waals surface area contributed by atoms with Crippen LogP contribution in [0.1, 0.15) is 12.0 Å². The molecular formula is C21H27ClN4O3. The van der Waals surface area contributed by atoms with Gasteiger partial charge in [-0.05, 0) is 48.9 Å². The van der Waals surface area contributed by atoms with Gasteiger partial charge in [-0.2, -0.15) is 0 Å². The van der Waals surface area contributed by atoms with Crippen LogP contribution in [-0.4, -0.2) is 45.7 Å². The van der Waals surface area contributed by atoms with E-state index >= 15 is 0 Å². The maximum Gasteiger partial charge on any atom is 0.226 e. The Morgan fingerprint density at radius 3 is 2.45 bits per heavy atom. The Hall–Kier alpha value is -2.93. The van der Waals surface area contributed by atoms with E-state index in [1.54, 1.807) is 20.2 Å². The quantitative estimate of drug-likeness (QED) is 0.331. The van der Waals surface area contributed by atoms with Gasteiger partial charge in [0.25, 0.3) is 0 Å². The minimum absolute atomic E-state index is 0.0961. The molecule has 3 N–H and O–H groups in total. The first-order valence-electron chi connectivity index (χ1n) is 9.30. The summed E-state index contributed by atoms with van der Waals surface area (Å²) in [7, 11) is 3.30. The van der Waals surface area contributed by atoms with Crippen LogP contribution in [0.25, 0.3) is 0 Å². The summed E-state index contributed by atoms with van der Waals surface area (Å²) in [6.07, 6.45) is 0.301. The molecule has 0 aliphatic heterocycles. The minimum Gasteiger partial charge on any atom is -0.497 e. The number of amides is 1. The highest BCUT2D eigenvalue weighted by Crippen LogP contribution is 2.22. The van der Waals surface area contributed by atoms with Gasteiger partial charge in [0.2, 0.25) is 5.91 Å². The van der Waals surface area contributed by atoms with Gasteiger partial charge >= 0.3 is 0 Å². The molecule has 1 amide bonds. The normalized spacial score (nSPS) is 11.0. The Labute approximate surface area is 176 Å². The molecule has 2 rings (SSSR count). The number of carbonyl (C=O) groups is 1. The summed E-state index contributed by atoms with van der Waals surface area (Å²) < 4.78 is 10.8. The smallest absolute Gasteiger partial charge is 0.226 e. The molecule has 0 aliphatic rings. The van der Waals surface area contributed by atoms with Crippen molar-refractivity contribution < 1.29 is 14.3 Å². The van der Waals surface area contributed by atoms with E-state index in [0.717, 1.165) is 22.7 Å². The highest BCUT2D eigenvalue weighted by molar-refractivity contribution is 6.31. The van der Waals surface area contributed by atoms with Crippen molar-refractivity contribution in [3.63, 3.8) is 0 Å². The number of aliphatic imine (C=N–C) groups is 1. The van der Waals surface area contributed by atoms with Crippen LogP contribution in [0.15, 0.2) is 47.5 Å². The zero-order valence-electron chi connectivity index (χ0n) is 16.9. The summed E-state index contributed by atoms with van der Waals surface area (Å²) in [6.45, 7) is 3.36. The van der Waals surface area contributed by atoms with Crippen molar-refractivity contribution in [1.82, 2.24) is 10.6 Å². The fourth-order valence-corrected chi connectivity index (χ4v) is 2.66. The van der Waals surface area contributed by atoms with E-state index in [1.165, 1.54) is 0 Å². The van der Waals surface area contributed by atoms with Crippen LogP contribution in [0.5, 0.6) is 11.5 Å². The van der Waals surface area contributed by atoms with E-state index in [1.807, 2.05) is 43.3 Å². The molecule has 0 fully saturated rings. The van der Waals surface area contributed by atoms with Crippen molar-refractivity contribution >= 4 is 29.2 Å². The highest BCUT2D eigenvalue weighted by Gasteiger charge is 2.07. The number of ether oxygens (including phenoxy) is 2. The number of anilines is 1. The molecule has 0 heterocycles. The SMILES string of the molecule is CN=C(NCCOc1ccc(OC)cc1)NCCC(=O)Nc1cccc(Cl)c1C. The number of hydrogen-bond donors (Lipinski definition) is 3. The van der Waals surface area contributed by atoms with Crippen LogP contribution in [0.2, 0.25) is 5.02 Å². The topological polar surface area (TPSA) is 84.0 Å². The van der Waals surface area contributed by atoms with Crippen LogP contribution in [-0.2, 0) is 4.79 Å². The number of nitrogens with one attached hydrogen (secondary N) is 3. The van der Waals surface area contributed by atoms with Crippen LogP contribution >= 0.6 is 11.6 Å². The molecule has 0 aliphatic carbocycles. The molecule has 2 aromatic rings. The average Bonchev–Trinajstić information content (AvgIpc) is 2.73. The molecule has 7 nitrogen and oxygen atoms in total. The Balaban J connectivity index is 1.65. The van der Waals surface area contributed by atoms with E-state index in [-0.39, 0.29) is 5.91 Å². The van der Waals surface area contributed by atoms with Crippen molar-refractivity contribution in [1.29, 1.82) is 0 Å². The molecule has 29 heavy (non-hydrogen) atoms. The standard InChI is InChI=1S/C21H27ClN4O3/c1-15-18(22)5-4-6-19(15)26-20(27)11-12-24-21(23-2)25-13-14-29-17-9-7-16(28-3)8-10-17/h4-10H,11-14H2,1-3H3,(H,26,27)(H2,23,24,25). The molecule has 0 atom stereocenters. The molecule has 0 spiro atoms. The molecule has 2 aromatic carbocycles. The van der Waals surface area contributed by atoms with E-state index in [9.17, 15) is 4.79 Å². The minimum atomic E-state index is -0.0961. The molecule has 0 radical (unpaired) electrons. The Morgan fingerprint density at radius 1 is 1.07 bits per heavy atom. The van der Waals surface area contributed by atoms with Crippen LogP contribution < -0.4 is 25.4 Å². The number of benzene rings is 2. The maximum atomic E-state index is 12.1. The van der Waals surface area contributed by atoms with E-state index in [0.29, 0.717) is 37.1 Å². The summed E-state index contributed by atoms with van der Waals surface area (Å²) >= 11 is 6.07. The number of nitrogens with zero attached hydrogens (tertiary/aromatic N) is 1. The van der Waals surface area contributed by atoms with Gasteiger partial charge in [0, 0.05) is 30.7 Å². The summed E-state index contributed by atoms with van der Waals surface area (Å²) in [5, 5.41) is 9.74. The molecule has 156 valence electrons. The van der Waals surface area contributed by atoms with Crippen molar-refractivity contribution in [2.24, 2.45) is 4.99 Å². The molecular weight excluding hydrogens is 392 g/mol. The van der Waals surface area contributed by atoms with Gasteiger partial charge in [0.1, 0.15) is 18.1 Å². The van der Waals surface area contributed by atoms with Crippen molar-refractivity contribution in [2.75, 3.05) is 39.2 Å². The first-order chi connectivity index (χ1) is 14.0. The second-order valence-electron chi connectivity index (χ2n) is 6.16. The third-order valence-corrected chi connectivity index (χ3v) is 4.54. The number of halogens is 1. The molecule has 0 saturated heterocycles. The van der Waals surface area contributed by atoms with Gasteiger partial charge in [-0.25, -0.2) is 0 Å². The lowest BCUT2D eigenvalue weighted by Crippen LogP contribution is -2.40. The number of hydrogen-bond acceptors (Lipinski definition) is 4. The predicted octanol–water partition coefficient (Wildman–Crippen LogP) is 3.23. The second kappa shape index (κ2) is 11.8.